The molecule has 0 amide bonds. The fraction of sp³-hybridized carbons (Fsp3) is 0.400. The van der Waals surface area contributed by atoms with Crippen molar-refractivity contribution in [3.63, 3.8) is 0 Å². The molecule has 0 radical (unpaired) electrons. The molecule has 1 aromatic carbocycles. The summed E-state index contributed by atoms with van der Waals surface area (Å²) in [6.45, 7) is 4.46. The van der Waals surface area contributed by atoms with Gasteiger partial charge >= 0.3 is 5.97 Å². The monoisotopic (exact) mass is 243 g/mol. The molecule has 1 heterocycles. The Balaban J connectivity index is 2.12. The van der Waals surface area contributed by atoms with Crippen LogP contribution in [-0.2, 0) is 9.53 Å². The molecule has 3 nitrogen and oxygen atoms in total. The van der Waals surface area contributed by atoms with Gasteiger partial charge in [-0.25, -0.2) is 0 Å². The van der Waals surface area contributed by atoms with Crippen LogP contribution in [0.25, 0.3) is 10.9 Å². The van der Waals surface area contributed by atoms with Gasteiger partial charge < -0.3 is 9.72 Å². The van der Waals surface area contributed by atoms with Gasteiger partial charge in [0, 0.05) is 16.6 Å². The van der Waals surface area contributed by atoms with E-state index in [-0.39, 0.29) is 11.9 Å². The van der Waals surface area contributed by atoms with Gasteiger partial charge in [-0.15, -0.1) is 0 Å². The highest BCUT2D eigenvalue weighted by atomic mass is 16.5. The smallest absolute Gasteiger partial charge is 0.313 e. The van der Waals surface area contributed by atoms with Crippen LogP contribution in [0.3, 0.4) is 0 Å². The molecule has 3 heteroatoms. The minimum absolute atomic E-state index is 0.0900. The lowest BCUT2D eigenvalue weighted by atomic mass is 9.99. The summed E-state index contributed by atoms with van der Waals surface area (Å²) in [5.74, 6) is 0.195. The van der Waals surface area contributed by atoms with Crippen LogP contribution in [0.4, 0.5) is 0 Å². The molecule has 0 aliphatic heterocycles. The highest BCUT2D eigenvalue weighted by molar-refractivity contribution is 5.92. The lowest BCUT2D eigenvalue weighted by Gasteiger charge is -2.10. The largest absolute Gasteiger partial charge is 0.466 e. The maximum absolute atomic E-state index is 12.1. The summed E-state index contributed by atoms with van der Waals surface area (Å²) in [5.41, 5.74) is 3.47. The van der Waals surface area contributed by atoms with Crippen LogP contribution in [0.1, 0.15) is 43.4 Å². The van der Waals surface area contributed by atoms with Crippen molar-refractivity contribution in [1.29, 1.82) is 0 Å². The molecule has 3 rings (SSSR count). The van der Waals surface area contributed by atoms with E-state index in [1.807, 2.05) is 19.1 Å². The molecule has 0 saturated heterocycles. The standard InChI is InChI=1S/C15H17NO2/c1-3-18-15(17)11-8-9(2)14-13(11)10-6-4-5-7-12(10)16-14/h4-7,9,11,16H,3,8H2,1-2H3/t9-,11+/m0/s1. The van der Waals surface area contributed by atoms with Gasteiger partial charge in [0.2, 0.25) is 0 Å². The summed E-state index contributed by atoms with van der Waals surface area (Å²) in [7, 11) is 0. The van der Waals surface area contributed by atoms with E-state index in [1.54, 1.807) is 0 Å². The molecule has 18 heavy (non-hydrogen) atoms. The zero-order valence-electron chi connectivity index (χ0n) is 10.7. The van der Waals surface area contributed by atoms with E-state index in [2.05, 4.69) is 24.0 Å². The van der Waals surface area contributed by atoms with Gasteiger partial charge in [-0.3, -0.25) is 4.79 Å². The van der Waals surface area contributed by atoms with Crippen molar-refractivity contribution in [2.75, 3.05) is 6.61 Å². The number of rotatable bonds is 2. The van der Waals surface area contributed by atoms with Gasteiger partial charge in [-0.1, -0.05) is 25.1 Å². The van der Waals surface area contributed by atoms with Crippen LogP contribution >= 0.6 is 0 Å². The van der Waals surface area contributed by atoms with Crippen molar-refractivity contribution in [3.8, 4) is 0 Å². The lowest BCUT2D eigenvalue weighted by Crippen LogP contribution is -2.13. The predicted octanol–water partition coefficient (Wildman–Crippen LogP) is 3.32. The fourth-order valence-corrected chi connectivity index (χ4v) is 2.99. The Morgan fingerprint density at radius 2 is 2.22 bits per heavy atom. The van der Waals surface area contributed by atoms with Crippen molar-refractivity contribution in [2.45, 2.75) is 32.1 Å². The minimum atomic E-state index is -0.105. The second-order valence-corrected chi connectivity index (χ2v) is 4.94. The molecular formula is C15H17NO2. The zero-order valence-corrected chi connectivity index (χ0v) is 10.7. The average Bonchev–Trinajstić information content (AvgIpc) is 2.88. The van der Waals surface area contributed by atoms with Gasteiger partial charge in [0.25, 0.3) is 0 Å². The lowest BCUT2D eigenvalue weighted by molar-refractivity contribution is -0.144. The summed E-state index contributed by atoms with van der Waals surface area (Å²) in [5, 5.41) is 1.16. The van der Waals surface area contributed by atoms with Crippen molar-refractivity contribution < 1.29 is 9.53 Å². The molecule has 2 aromatic rings. The summed E-state index contributed by atoms with van der Waals surface area (Å²) >= 11 is 0. The van der Waals surface area contributed by atoms with E-state index in [9.17, 15) is 4.79 Å². The fourth-order valence-electron chi connectivity index (χ4n) is 2.99. The number of carbonyl (C=O) groups excluding carboxylic acids is 1. The number of hydrogen-bond acceptors (Lipinski definition) is 2. The first-order valence-corrected chi connectivity index (χ1v) is 6.49. The molecule has 0 unspecified atom stereocenters. The number of fused-ring (bicyclic) bond motifs is 3. The number of benzene rings is 1. The van der Waals surface area contributed by atoms with Crippen molar-refractivity contribution in [2.24, 2.45) is 0 Å². The Labute approximate surface area is 106 Å². The van der Waals surface area contributed by atoms with Crippen molar-refractivity contribution in [3.05, 3.63) is 35.5 Å². The van der Waals surface area contributed by atoms with Crippen molar-refractivity contribution >= 4 is 16.9 Å². The molecule has 0 saturated carbocycles. The Morgan fingerprint density at radius 3 is 3.00 bits per heavy atom. The summed E-state index contributed by atoms with van der Waals surface area (Å²) in [6, 6.07) is 8.16. The quantitative estimate of drug-likeness (QED) is 0.822. The molecule has 1 aliphatic carbocycles. The Kier molecular flexibility index (Phi) is 2.62. The first-order chi connectivity index (χ1) is 8.72. The van der Waals surface area contributed by atoms with Crippen LogP contribution in [0.5, 0.6) is 0 Å². The van der Waals surface area contributed by atoms with Crippen LogP contribution in [-0.4, -0.2) is 17.6 Å². The van der Waals surface area contributed by atoms with E-state index in [0.29, 0.717) is 12.5 Å². The Hall–Kier alpha value is -1.77. The first-order valence-electron chi connectivity index (χ1n) is 6.49. The molecule has 0 bridgehead atoms. The summed E-state index contributed by atoms with van der Waals surface area (Å²) in [4.78, 5) is 15.5. The van der Waals surface area contributed by atoms with Gasteiger partial charge in [-0.05, 0) is 30.9 Å². The van der Waals surface area contributed by atoms with Gasteiger partial charge in [-0.2, -0.15) is 0 Å². The molecule has 0 fully saturated rings. The first kappa shape index (κ1) is 11.3. The summed E-state index contributed by atoms with van der Waals surface area (Å²) in [6.07, 6.45) is 0.852. The number of H-pyrrole nitrogens is 1. The normalized spacial score (nSPS) is 22.1. The number of hydrogen-bond donors (Lipinski definition) is 1. The number of esters is 1. The maximum atomic E-state index is 12.1. The average molecular weight is 243 g/mol. The topological polar surface area (TPSA) is 42.1 Å². The number of aromatic amines is 1. The van der Waals surface area contributed by atoms with E-state index in [4.69, 9.17) is 4.74 Å². The third kappa shape index (κ3) is 1.54. The third-order valence-electron chi connectivity index (χ3n) is 3.78. The Morgan fingerprint density at radius 1 is 1.44 bits per heavy atom. The molecule has 2 atom stereocenters. The maximum Gasteiger partial charge on any atom is 0.313 e. The molecule has 1 aliphatic rings. The van der Waals surface area contributed by atoms with Crippen molar-refractivity contribution in [1.82, 2.24) is 4.98 Å². The highest BCUT2D eigenvalue weighted by Gasteiger charge is 2.37. The van der Waals surface area contributed by atoms with Gasteiger partial charge in [0.05, 0.1) is 12.5 Å². The third-order valence-corrected chi connectivity index (χ3v) is 3.78. The number of ether oxygens (including phenoxy) is 1. The molecular weight excluding hydrogens is 226 g/mol. The number of carbonyl (C=O) groups is 1. The Bertz CT molecular complexity index is 600. The molecule has 94 valence electrons. The van der Waals surface area contributed by atoms with Crippen LogP contribution in [0.15, 0.2) is 24.3 Å². The number of aromatic nitrogens is 1. The van der Waals surface area contributed by atoms with Gasteiger partial charge in [0.1, 0.15) is 0 Å². The predicted molar refractivity (Wildman–Crippen MR) is 70.7 cm³/mol. The minimum Gasteiger partial charge on any atom is -0.466 e. The second-order valence-electron chi connectivity index (χ2n) is 4.94. The van der Waals surface area contributed by atoms with E-state index >= 15 is 0 Å². The summed E-state index contributed by atoms with van der Waals surface area (Å²) < 4.78 is 5.20. The van der Waals surface area contributed by atoms with E-state index in [1.165, 1.54) is 5.69 Å². The molecule has 1 aromatic heterocycles. The van der Waals surface area contributed by atoms with Crippen LogP contribution in [0.2, 0.25) is 0 Å². The second kappa shape index (κ2) is 4.16. The molecule has 0 spiro atoms. The highest BCUT2D eigenvalue weighted by Crippen LogP contribution is 2.45. The number of para-hydroxylation sites is 1. The van der Waals surface area contributed by atoms with E-state index < -0.39 is 0 Å². The van der Waals surface area contributed by atoms with Gasteiger partial charge in [0.15, 0.2) is 0 Å². The zero-order chi connectivity index (χ0) is 12.7. The SMILES string of the molecule is CCOC(=O)[C@@H]1C[C@H](C)c2[nH]c3ccccc3c21. The van der Waals surface area contributed by atoms with Crippen LogP contribution < -0.4 is 0 Å². The van der Waals surface area contributed by atoms with E-state index in [0.717, 1.165) is 22.9 Å². The molecule has 1 N–H and O–H groups in total. The number of nitrogens with one attached hydrogen (secondary N) is 1. The van der Waals surface area contributed by atoms with Crippen LogP contribution in [0, 0.1) is 0 Å².